The monoisotopic (exact) mass is 368 g/mol. The molecule has 1 aromatic carbocycles. The topological polar surface area (TPSA) is 33.2 Å². The van der Waals surface area contributed by atoms with Crippen LogP contribution in [0.1, 0.15) is 28.8 Å². The van der Waals surface area contributed by atoms with Gasteiger partial charge < -0.3 is 4.90 Å². The summed E-state index contributed by atoms with van der Waals surface area (Å²) in [5.41, 5.74) is 3.41. The van der Waals surface area contributed by atoms with Gasteiger partial charge in [0.05, 0.1) is 15.6 Å². The summed E-state index contributed by atoms with van der Waals surface area (Å²) in [6.45, 7) is 4.16. The molecule has 0 bridgehead atoms. The van der Waals surface area contributed by atoms with Gasteiger partial charge in [0.1, 0.15) is 0 Å². The van der Waals surface area contributed by atoms with Gasteiger partial charge in [-0.25, -0.2) is 4.98 Å². The van der Waals surface area contributed by atoms with Crippen molar-refractivity contribution in [3.8, 4) is 10.6 Å². The SMILES string of the molecule is Cc1nc(-c2cccs2)c(CCC(=O)N2c3ccccc3C[C@@H]2C)s1. The van der Waals surface area contributed by atoms with Gasteiger partial charge in [0.15, 0.2) is 0 Å². The third-order valence-electron chi connectivity index (χ3n) is 4.60. The minimum absolute atomic E-state index is 0.209. The number of benzene rings is 1. The van der Waals surface area contributed by atoms with Gasteiger partial charge in [-0.05, 0) is 49.8 Å². The van der Waals surface area contributed by atoms with E-state index in [-0.39, 0.29) is 11.9 Å². The molecule has 25 heavy (non-hydrogen) atoms. The number of aryl methyl sites for hydroxylation is 2. The number of amides is 1. The highest BCUT2D eigenvalue weighted by Gasteiger charge is 2.30. The molecular weight excluding hydrogens is 348 g/mol. The lowest BCUT2D eigenvalue weighted by Gasteiger charge is -2.22. The smallest absolute Gasteiger partial charge is 0.227 e. The summed E-state index contributed by atoms with van der Waals surface area (Å²) >= 11 is 3.41. The highest BCUT2D eigenvalue weighted by atomic mass is 32.1. The van der Waals surface area contributed by atoms with Gasteiger partial charge in [-0.2, -0.15) is 0 Å². The second-order valence-corrected chi connectivity index (χ2v) is 8.66. The number of anilines is 1. The first-order valence-electron chi connectivity index (χ1n) is 8.53. The maximum atomic E-state index is 12.9. The Hall–Kier alpha value is -1.98. The van der Waals surface area contributed by atoms with Gasteiger partial charge in [-0.3, -0.25) is 4.79 Å². The zero-order valence-electron chi connectivity index (χ0n) is 14.4. The van der Waals surface area contributed by atoms with E-state index in [1.54, 1.807) is 22.7 Å². The van der Waals surface area contributed by atoms with Crippen LogP contribution in [0.25, 0.3) is 10.6 Å². The Bertz CT molecular complexity index is 898. The lowest BCUT2D eigenvalue weighted by Crippen LogP contribution is -2.35. The predicted molar refractivity (Wildman–Crippen MR) is 106 cm³/mol. The fraction of sp³-hybridized carbons (Fsp3) is 0.300. The molecule has 0 fully saturated rings. The van der Waals surface area contributed by atoms with Crippen LogP contribution < -0.4 is 4.90 Å². The summed E-state index contributed by atoms with van der Waals surface area (Å²) in [5, 5.41) is 3.13. The molecule has 2 aromatic heterocycles. The Balaban J connectivity index is 1.52. The molecule has 1 aliphatic rings. The summed E-state index contributed by atoms with van der Waals surface area (Å²) in [5.74, 6) is 0.209. The van der Waals surface area contributed by atoms with Gasteiger partial charge >= 0.3 is 0 Å². The molecule has 5 heteroatoms. The van der Waals surface area contributed by atoms with Crippen LogP contribution in [0.2, 0.25) is 0 Å². The third kappa shape index (κ3) is 3.14. The second kappa shape index (κ2) is 6.73. The first-order valence-corrected chi connectivity index (χ1v) is 10.2. The number of carbonyl (C=O) groups excluding carboxylic acids is 1. The molecule has 0 spiro atoms. The summed E-state index contributed by atoms with van der Waals surface area (Å²) in [6, 6.07) is 12.6. The lowest BCUT2D eigenvalue weighted by molar-refractivity contribution is -0.118. The number of rotatable bonds is 4. The molecule has 0 radical (unpaired) electrons. The van der Waals surface area contributed by atoms with E-state index in [1.807, 2.05) is 30.0 Å². The van der Waals surface area contributed by atoms with Crippen LogP contribution in [0.4, 0.5) is 5.69 Å². The van der Waals surface area contributed by atoms with Crippen LogP contribution in [0, 0.1) is 6.92 Å². The van der Waals surface area contributed by atoms with Crippen LogP contribution in [-0.2, 0) is 17.6 Å². The van der Waals surface area contributed by atoms with Crippen LogP contribution in [0.3, 0.4) is 0 Å². The number of carbonyl (C=O) groups is 1. The van der Waals surface area contributed by atoms with Gasteiger partial charge in [-0.15, -0.1) is 22.7 Å². The Morgan fingerprint density at radius 1 is 1.28 bits per heavy atom. The molecule has 1 aliphatic heterocycles. The van der Waals surface area contributed by atoms with Gasteiger partial charge in [0.2, 0.25) is 5.91 Å². The molecule has 3 aromatic rings. The van der Waals surface area contributed by atoms with E-state index in [0.29, 0.717) is 6.42 Å². The minimum atomic E-state index is 0.209. The van der Waals surface area contributed by atoms with Gasteiger partial charge in [0, 0.05) is 23.0 Å². The number of nitrogens with zero attached hydrogens (tertiary/aromatic N) is 2. The Kier molecular flexibility index (Phi) is 4.44. The molecular formula is C20H20N2OS2. The summed E-state index contributed by atoms with van der Waals surface area (Å²) in [7, 11) is 0. The van der Waals surface area contributed by atoms with Crippen molar-refractivity contribution in [3.05, 3.63) is 57.2 Å². The van der Waals surface area contributed by atoms with Crippen molar-refractivity contribution < 1.29 is 4.79 Å². The van der Waals surface area contributed by atoms with Crippen molar-refractivity contribution in [2.45, 2.75) is 39.2 Å². The number of aromatic nitrogens is 1. The van der Waals surface area contributed by atoms with Crippen molar-refractivity contribution >= 4 is 34.3 Å². The van der Waals surface area contributed by atoms with Crippen molar-refractivity contribution in [3.63, 3.8) is 0 Å². The van der Waals surface area contributed by atoms with Crippen LogP contribution in [0.15, 0.2) is 41.8 Å². The quantitative estimate of drug-likeness (QED) is 0.642. The van der Waals surface area contributed by atoms with Crippen molar-refractivity contribution in [1.82, 2.24) is 4.98 Å². The predicted octanol–water partition coefficient (Wildman–Crippen LogP) is 5.09. The van der Waals surface area contributed by atoms with Crippen molar-refractivity contribution in [1.29, 1.82) is 0 Å². The molecule has 0 unspecified atom stereocenters. The Morgan fingerprint density at radius 3 is 2.92 bits per heavy atom. The molecule has 0 saturated heterocycles. The van der Waals surface area contributed by atoms with E-state index in [0.717, 1.165) is 29.2 Å². The third-order valence-corrected chi connectivity index (χ3v) is 6.51. The molecule has 1 atom stereocenters. The maximum Gasteiger partial charge on any atom is 0.227 e. The molecule has 0 aliphatic carbocycles. The zero-order valence-corrected chi connectivity index (χ0v) is 16.0. The van der Waals surface area contributed by atoms with E-state index >= 15 is 0 Å². The summed E-state index contributed by atoms with van der Waals surface area (Å²) in [4.78, 5) is 22.0. The second-order valence-electron chi connectivity index (χ2n) is 6.43. The normalized spacial score (nSPS) is 16.2. The largest absolute Gasteiger partial charge is 0.309 e. The first-order chi connectivity index (χ1) is 12.1. The standard InChI is InChI=1S/C20H20N2OS2/c1-13-12-15-6-3-4-7-16(15)22(13)19(23)10-9-18-20(21-14(2)25-18)17-8-5-11-24-17/h3-8,11,13H,9-10,12H2,1-2H3/t13-/m0/s1. The summed E-state index contributed by atoms with van der Waals surface area (Å²) < 4.78 is 0. The van der Waals surface area contributed by atoms with Crippen LogP contribution in [0.5, 0.6) is 0 Å². The zero-order chi connectivity index (χ0) is 17.4. The number of para-hydroxylation sites is 1. The number of fused-ring (bicyclic) bond motifs is 1. The van der Waals surface area contributed by atoms with Gasteiger partial charge in [0.25, 0.3) is 0 Å². The number of thiophene rings is 1. The molecule has 0 N–H and O–H groups in total. The van der Waals surface area contributed by atoms with Crippen molar-refractivity contribution in [2.24, 2.45) is 0 Å². The fourth-order valence-corrected chi connectivity index (χ4v) is 5.29. The average Bonchev–Trinajstić information content (AvgIpc) is 3.29. The van der Waals surface area contributed by atoms with E-state index in [2.05, 4.69) is 35.5 Å². The van der Waals surface area contributed by atoms with E-state index in [1.165, 1.54) is 15.3 Å². The van der Waals surface area contributed by atoms with E-state index in [4.69, 9.17) is 0 Å². The number of hydrogen-bond acceptors (Lipinski definition) is 4. The van der Waals surface area contributed by atoms with E-state index < -0.39 is 0 Å². The lowest BCUT2D eigenvalue weighted by atomic mass is 10.1. The molecule has 3 nitrogen and oxygen atoms in total. The van der Waals surface area contributed by atoms with Gasteiger partial charge in [-0.1, -0.05) is 24.3 Å². The first kappa shape index (κ1) is 16.5. The Labute approximate surface area is 156 Å². The highest BCUT2D eigenvalue weighted by molar-refractivity contribution is 7.15. The average molecular weight is 369 g/mol. The molecule has 4 rings (SSSR count). The number of thiazole rings is 1. The Morgan fingerprint density at radius 2 is 2.12 bits per heavy atom. The van der Waals surface area contributed by atoms with Crippen LogP contribution in [-0.4, -0.2) is 16.9 Å². The highest BCUT2D eigenvalue weighted by Crippen LogP contribution is 2.34. The van der Waals surface area contributed by atoms with Crippen LogP contribution >= 0.6 is 22.7 Å². The minimum Gasteiger partial charge on any atom is -0.309 e. The fourth-order valence-electron chi connectivity index (χ4n) is 3.53. The molecule has 3 heterocycles. The van der Waals surface area contributed by atoms with Crippen molar-refractivity contribution in [2.75, 3.05) is 4.90 Å². The number of hydrogen-bond donors (Lipinski definition) is 0. The molecule has 128 valence electrons. The summed E-state index contributed by atoms with van der Waals surface area (Å²) in [6.07, 6.45) is 2.23. The molecule has 1 amide bonds. The van der Waals surface area contributed by atoms with E-state index in [9.17, 15) is 4.79 Å². The maximum absolute atomic E-state index is 12.9. The molecule has 0 saturated carbocycles.